The SMILES string of the molecule is CCn1nc(Cc2ccccc2)cc1C1CCNCC1.Cl.Cl. The van der Waals surface area contributed by atoms with Gasteiger partial charge < -0.3 is 5.32 Å². The van der Waals surface area contributed by atoms with Crippen LogP contribution in [0, 0.1) is 0 Å². The fourth-order valence-electron chi connectivity index (χ4n) is 3.08. The molecule has 0 radical (unpaired) electrons. The van der Waals surface area contributed by atoms with E-state index in [0.717, 1.165) is 26.1 Å². The molecule has 1 fully saturated rings. The van der Waals surface area contributed by atoms with Crippen LogP contribution in [0.4, 0.5) is 0 Å². The van der Waals surface area contributed by atoms with Crippen LogP contribution in [0.25, 0.3) is 0 Å². The van der Waals surface area contributed by atoms with Crippen molar-refractivity contribution in [2.45, 2.75) is 38.6 Å². The van der Waals surface area contributed by atoms with Crippen molar-refractivity contribution < 1.29 is 0 Å². The van der Waals surface area contributed by atoms with E-state index in [0.29, 0.717) is 5.92 Å². The maximum absolute atomic E-state index is 4.80. The van der Waals surface area contributed by atoms with Crippen LogP contribution >= 0.6 is 24.8 Å². The number of aromatic nitrogens is 2. The highest BCUT2D eigenvalue weighted by atomic mass is 35.5. The van der Waals surface area contributed by atoms with Gasteiger partial charge in [-0.3, -0.25) is 4.68 Å². The third-order valence-electron chi connectivity index (χ3n) is 4.15. The first kappa shape index (κ1) is 19.0. The molecule has 0 unspecified atom stereocenters. The number of piperidine rings is 1. The Kier molecular flexibility index (Phi) is 7.94. The Labute approximate surface area is 145 Å². The van der Waals surface area contributed by atoms with Gasteiger partial charge in [0.2, 0.25) is 0 Å². The standard InChI is InChI=1S/C17H23N3.2ClH/c1-2-20-17(15-8-10-18-11-9-15)13-16(19-20)12-14-6-4-3-5-7-14;;/h3-7,13,15,18H,2,8-12H2,1H3;2*1H. The van der Waals surface area contributed by atoms with E-state index >= 15 is 0 Å². The Morgan fingerprint density at radius 2 is 1.82 bits per heavy atom. The van der Waals surface area contributed by atoms with Crippen molar-refractivity contribution in [1.82, 2.24) is 15.1 Å². The Morgan fingerprint density at radius 1 is 1.14 bits per heavy atom. The van der Waals surface area contributed by atoms with E-state index in [2.05, 4.69) is 53.3 Å². The summed E-state index contributed by atoms with van der Waals surface area (Å²) in [6, 6.07) is 12.9. The third kappa shape index (κ3) is 4.48. The van der Waals surface area contributed by atoms with Gasteiger partial charge in [0.1, 0.15) is 0 Å². The average molecular weight is 342 g/mol. The van der Waals surface area contributed by atoms with Gasteiger partial charge in [-0.15, -0.1) is 24.8 Å². The lowest BCUT2D eigenvalue weighted by Gasteiger charge is -2.23. The van der Waals surface area contributed by atoms with E-state index in [1.165, 1.54) is 29.8 Å². The largest absolute Gasteiger partial charge is 0.317 e. The molecule has 0 aliphatic carbocycles. The number of benzene rings is 1. The maximum Gasteiger partial charge on any atom is 0.0671 e. The Hall–Kier alpha value is -1.03. The molecule has 3 rings (SSSR count). The van der Waals surface area contributed by atoms with E-state index < -0.39 is 0 Å². The molecule has 1 aliphatic rings. The molecule has 22 heavy (non-hydrogen) atoms. The van der Waals surface area contributed by atoms with Crippen LogP contribution in [-0.2, 0) is 13.0 Å². The van der Waals surface area contributed by atoms with Crippen molar-refractivity contribution in [2.24, 2.45) is 0 Å². The zero-order chi connectivity index (χ0) is 13.8. The highest BCUT2D eigenvalue weighted by Gasteiger charge is 2.20. The lowest BCUT2D eigenvalue weighted by Crippen LogP contribution is -2.27. The monoisotopic (exact) mass is 341 g/mol. The Morgan fingerprint density at radius 3 is 2.45 bits per heavy atom. The minimum atomic E-state index is 0. The van der Waals surface area contributed by atoms with Gasteiger partial charge in [0.25, 0.3) is 0 Å². The van der Waals surface area contributed by atoms with Crippen LogP contribution in [0.2, 0.25) is 0 Å². The number of hydrogen-bond donors (Lipinski definition) is 1. The summed E-state index contributed by atoms with van der Waals surface area (Å²) in [5, 5.41) is 8.23. The second kappa shape index (κ2) is 9.19. The van der Waals surface area contributed by atoms with Gasteiger partial charge in [0.15, 0.2) is 0 Å². The molecule has 122 valence electrons. The Balaban J connectivity index is 0.00000121. The summed E-state index contributed by atoms with van der Waals surface area (Å²) in [4.78, 5) is 0. The second-order valence-electron chi connectivity index (χ2n) is 5.56. The number of rotatable bonds is 4. The fourth-order valence-corrected chi connectivity index (χ4v) is 3.08. The smallest absolute Gasteiger partial charge is 0.0671 e. The van der Waals surface area contributed by atoms with E-state index in [4.69, 9.17) is 5.10 Å². The van der Waals surface area contributed by atoms with Crippen molar-refractivity contribution in [2.75, 3.05) is 13.1 Å². The lowest BCUT2D eigenvalue weighted by atomic mass is 9.94. The van der Waals surface area contributed by atoms with Crippen molar-refractivity contribution in [1.29, 1.82) is 0 Å². The van der Waals surface area contributed by atoms with Gasteiger partial charge in [0, 0.05) is 24.6 Å². The van der Waals surface area contributed by atoms with Gasteiger partial charge >= 0.3 is 0 Å². The molecule has 1 aromatic carbocycles. The van der Waals surface area contributed by atoms with Crippen LogP contribution in [0.5, 0.6) is 0 Å². The summed E-state index contributed by atoms with van der Waals surface area (Å²) in [7, 11) is 0. The second-order valence-corrected chi connectivity index (χ2v) is 5.56. The van der Waals surface area contributed by atoms with Crippen molar-refractivity contribution in [3.8, 4) is 0 Å². The normalized spacial score (nSPS) is 15.0. The first-order chi connectivity index (χ1) is 9.86. The highest BCUT2D eigenvalue weighted by molar-refractivity contribution is 5.85. The minimum absolute atomic E-state index is 0. The van der Waals surface area contributed by atoms with Crippen LogP contribution in [0.3, 0.4) is 0 Å². The van der Waals surface area contributed by atoms with Gasteiger partial charge in [-0.05, 0) is 44.5 Å². The molecule has 0 atom stereocenters. The van der Waals surface area contributed by atoms with Crippen LogP contribution in [-0.4, -0.2) is 22.9 Å². The molecule has 2 aromatic rings. The van der Waals surface area contributed by atoms with Gasteiger partial charge in [-0.2, -0.15) is 5.10 Å². The van der Waals surface area contributed by atoms with E-state index in [9.17, 15) is 0 Å². The summed E-state index contributed by atoms with van der Waals surface area (Å²) < 4.78 is 2.20. The summed E-state index contributed by atoms with van der Waals surface area (Å²) in [5.74, 6) is 0.674. The number of nitrogens with one attached hydrogen (secondary N) is 1. The quantitative estimate of drug-likeness (QED) is 0.916. The summed E-state index contributed by atoms with van der Waals surface area (Å²) >= 11 is 0. The van der Waals surface area contributed by atoms with Crippen LogP contribution < -0.4 is 5.32 Å². The molecular weight excluding hydrogens is 317 g/mol. The first-order valence-corrected chi connectivity index (χ1v) is 7.68. The fraction of sp³-hybridized carbons (Fsp3) is 0.471. The molecule has 1 saturated heterocycles. The van der Waals surface area contributed by atoms with Gasteiger partial charge in [0.05, 0.1) is 5.69 Å². The number of halogens is 2. The lowest BCUT2D eigenvalue weighted by molar-refractivity contribution is 0.432. The molecule has 1 N–H and O–H groups in total. The zero-order valence-electron chi connectivity index (χ0n) is 13.0. The third-order valence-corrected chi connectivity index (χ3v) is 4.15. The van der Waals surface area contributed by atoms with Crippen LogP contribution in [0.15, 0.2) is 36.4 Å². The maximum atomic E-state index is 4.80. The minimum Gasteiger partial charge on any atom is -0.317 e. The van der Waals surface area contributed by atoms with E-state index in [1.54, 1.807) is 0 Å². The molecule has 1 aromatic heterocycles. The summed E-state index contributed by atoms with van der Waals surface area (Å²) in [6.45, 7) is 5.42. The molecule has 0 bridgehead atoms. The van der Waals surface area contributed by atoms with E-state index in [1.807, 2.05) is 0 Å². The molecule has 3 nitrogen and oxygen atoms in total. The highest BCUT2D eigenvalue weighted by Crippen LogP contribution is 2.26. The molecule has 5 heteroatoms. The van der Waals surface area contributed by atoms with Crippen molar-refractivity contribution in [3.05, 3.63) is 53.3 Å². The first-order valence-electron chi connectivity index (χ1n) is 7.68. The predicted molar refractivity (Wildman–Crippen MR) is 96.5 cm³/mol. The molecule has 1 aliphatic heterocycles. The van der Waals surface area contributed by atoms with Crippen LogP contribution in [0.1, 0.15) is 42.6 Å². The molecule has 0 saturated carbocycles. The Bertz CT molecular complexity index is 548. The number of nitrogens with zero attached hydrogens (tertiary/aromatic N) is 2. The van der Waals surface area contributed by atoms with E-state index in [-0.39, 0.29) is 24.8 Å². The number of hydrogen-bond acceptors (Lipinski definition) is 2. The molecule has 0 spiro atoms. The molecule has 2 heterocycles. The van der Waals surface area contributed by atoms with Crippen molar-refractivity contribution in [3.63, 3.8) is 0 Å². The molecular formula is C17H25Cl2N3. The number of aryl methyl sites for hydroxylation is 1. The van der Waals surface area contributed by atoms with Gasteiger partial charge in [-0.1, -0.05) is 30.3 Å². The topological polar surface area (TPSA) is 29.9 Å². The average Bonchev–Trinajstić information content (AvgIpc) is 2.92. The molecule has 0 amide bonds. The van der Waals surface area contributed by atoms with Gasteiger partial charge in [-0.25, -0.2) is 0 Å². The predicted octanol–water partition coefficient (Wildman–Crippen LogP) is 3.80. The summed E-state index contributed by atoms with van der Waals surface area (Å²) in [5.41, 5.74) is 3.97. The van der Waals surface area contributed by atoms with Crippen molar-refractivity contribution >= 4 is 24.8 Å². The zero-order valence-corrected chi connectivity index (χ0v) is 14.6. The summed E-state index contributed by atoms with van der Waals surface area (Å²) in [6.07, 6.45) is 3.40.